The quantitative estimate of drug-likeness (QED) is 0.798. The van der Waals surface area contributed by atoms with E-state index in [2.05, 4.69) is 5.32 Å². The predicted octanol–water partition coefficient (Wildman–Crippen LogP) is 1.27. The zero-order chi connectivity index (χ0) is 13.5. The van der Waals surface area contributed by atoms with Gasteiger partial charge in [-0.05, 0) is 31.0 Å². The van der Waals surface area contributed by atoms with Gasteiger partial charge in [-0.2, -0.15) is 0 Å². The van der Waals surface area contributed by atoms with Crippen LogP contribution in [0.4, 0.5) is 0 Å². The Hall–Kier alpha value is -2.04. The summed E-state index contributed by atoms with van der Waals surface area (Å²) in [5, 5.41) is 10.9. The molecule has 0 aliphatic heterocycles. The van der Waals surface area contributed by atoms with E-state index in [0.29, 0.717) is 5.75 Å². The van der Waals surface area contributed by atoms with Crippen LogP contribution >= 0.6 is 0 Å². The molecule has 0 spiro atoms. The molecule has 0 atom stereocenters. The van der Waals surface area contributed by atoms with Crippen molar-refractivity contribution in [3.63, 3.8) is 0 Å². The van der Waals surface area contributed by atoms with Crippen LogP contribution < -0.4 is 10.1 Å². The SMILES string of the molecule is Cc1ccc(C)c(OCC(=O)NCCC(=O)O)c1. The van der Waals surface area contributed by atoms with Gasteiger partial charge in [0.1, 0.15) is 5.75 Å². The molecule has 0 saturated heterocycles. The maximum atomic E-state index is 11.4. The van der Waals surface area contributed by atoms with Gasteiger partial charge in [0.05, 0.1) is 6.42 Å². The number of hydrogen-bond donors (Lipinski definition) is 2. The molecule has 5 nitrogen and oxygen atoms in total. The minimum absolute atomic E-state index is 0.0881. The molecule has 1 amide bonds. The number of amides is 1. The highest BCUT2D eigenvalue weighted by Gasteiger charge is 2.05. The van der Waals surface area contributed by atoms with E-state index >= 15 is 0 Å². The molecule has 0 aliphatic rings. The highest BCUT2D eigenvalue weighted by Crippen LogP contribution is 2.18. The highest BCUT2D eigenvalue weighted by atomic mass is 16.5. The van der Waals surface area contributed by atoms with Crippen LogP contribution in [-0.4, -0.2) is 30.1 Å². The van der Waals surface area contributed by atoms with E-state index in [1.807, 2.05) is 32.0 Å². The van der Waals surface area contributed by atoms with E-state index in [0.717, 1.165) is 11.1 Å². The van der Waals surface area contributed by atoms with Crippen LogP contribution in [0.15, 0.2) is 18.2 Å². The van der Waals surface area contributed by atoms with Crippen LogP contribution in [0.1, 0.15) is 17.5 Å². The molecule has 0 fully saturated rings. The second kappa shape index (κ2) is 6.64. The number of carboxylic acids is 1. The van der Waals surface area contributed by atoms with E-state index in [9.17, 15) is 9.59 Å². The highest BCUT2D eigenvalue weighted by molar-refractivity contribution is 5.78. The molecular weight excluding hydrogens is 234 g/mol. The van der Waals surface area contributed by atoms with Gasteiger partial charge in [-0.25, -0.2) is 0 Å². The summed E-state index contributed by atoms with van der Waals surface area (Å²) in [6.45, 7) is 3.85. The minimum Gasteiger partial charge on any atom is -0.483 e. The molecule has 0 bridgehead atoms. The van der Waals surface area contributed by atoms with Crippen molar-refractivity contribution in [3.05, 3.63) is 29.3 Å². The lowest BCUT2D eigenvalue weighted by Gasteiger charge is -2.09. The Bertz CT molecular complexity index is 443. The normalized spacial score (nSPS) is 9.89. The van der Waals surface area contributed by atoms with Crippen LogP contribution in [0.3, 0.4) is 0 Å². The largest absolute Gasteiger partial charge is 0.483 e. The van der Waals surface area contributed by atoms with E-state index in [1.165, 1.54) is 0 Å². The summed E-state index contributed by atoms with van der Waals surface area (Å²) in [7, 11) is 0. The molecule has 5 heteroatoms. The Kier molecular flexibility index (Phi) is 5.17. The van der Waals surface area contributed by atoms with E-state index in [4.69, 9.17) is 9.84 Å². The summed E-state index contributed by atoms with van der Waals surface area (Å²) in [6, 6.07) is 5.75. The lowest BCUT2D eigenvalue weighted by Crippen LogP contribution is -2.30. The van der Waals surface area contributed by atoms with Crippen molar-refractivity contribution in [1.82, 2.24) is 5.32 Å². The maximum Gasteiger partial charge on any atom is 0.305 e. The zero-order valence-electron chi connectivity index (χ0n) is 10.5. The average Bonchev–Trinajstić information content (AvgIpc) is 2.30. The molecule has 1 rings (SSSR count). The zero-order valence-corrected chi connectivity index (χ0v) is 10.5. The lowest BCUT2D eigenvalue weighted by molar-refractivity contribution is -0.137. The molecule has 0 saturated carbocycles. The number of aryl methyl sites for hydroxylation is 2. The van der Waals surface area contributed by atoms with Gasteiger partial charge in [-0.1, -0.05) is 12.1 Å². The molecule has 0 aliphatic carbocycles. The smallest absolute Gasteiger partial charge is 0.305 e. The van der Waals surface area contributed by atoms with E-state index in [-0.39, 0.29) is 25.5 Å². The molecule has 0 aromatic heterocycles. The van der Waals surface area contributed by atoms with Crippen LogP contribution in [0.2, 0.25) is 0 Å². The molecule has 2 N–H and O–H groups in total. The topological polar surface area (TPSA) is 75.6 Å². The van der Waals surface area contributed by atoms with Crippen molar-refractivity contribution in [2.24, 2.45) is 0 Å². The van der Waals surface area contributed by atoms with E-state index < -0.39 is 5.97 Å². The third-order valence-electron chi connectivity index (χ3n) is 2.36. The molecule has 0 unspecified atom stereocenters. The van der Waals surface area contributed by atoms with Gasteiger partial charge < -0.3 is 15.2 Å². The summed E-state index contributed by atoms with van der Waals surface area (Å²) in [4.78, 5) is 21.6. The number of carbonyl (C=O) groups is 2. The van der Waals surface area contributed by atoms with Crippen LogP contribution in [-0.2, 0) is 9.59 Å². The Labute approximate surface area is 106 Å². The molecule has 98 valence electrons. The number of nitrogens with one attached hydrogen (secondary N) is 1. The third-order valence-corrected chi connectivity index (χ3v) is 2.36. The first-order valence-corrected chi connectivity index (χ1v) is 5.67. The van der Waals surface area contributed by atoms with Crippen molar-refractivity contribution in [1.29, 1.82) is 0 Å². The van der Waals surface area contributed by atoms with Crippen LogP contribution in [0.5, 0.6) is 5.75 Å². The van der Waals surface area contributed by atoms with E-state index in [1.54, 1.807) is 0 Å². The Morgan fingerprint density at radius 1 is 1.33 bits per heavy atom. The van der Waals surface area contributed by atoms with Gasteiger partial charge in [-0.3, -0.25) is 9.59 Å². The Morgan fingerprint density at radius 2 is 2.06 bits per heavy atom. The number of carboxylic acid groups (broad SMARTS) is 1. The number of rotatable bonds is 6. The van der Waals surface area contributed by atoms with Crippen molar-refractivity contribution in [3.8, 4) is 5.75 Å². The molecule has 1 aromatic carbocycles. The van der Waals surface area contributed by atoms with Crippen molar-refractivity contribution >= 4 is 11.9 Å². The molecule has 1 aromatic rings. The summed E-state index contributed by atoms with van der Waals surface area (Å²) in [5.41, 5.74) is 2.01. The second-order valence-corrected chi connectivity index (χ2v) is 4.05. The Morgan fingerprint density at radius 3 is 2.72 bits per heavy atom. The fourth-order valence-electron chi connectivity index (χ4n) is 1.37. The third kappa shape index (κ3) is 4.86. The fraction of sp³-hybridized carbons (Fsp3) is 0.385. The number of ether oxygens (including phenoxy) is 1. The van der Waals surface area contributed by atoms with Crippen molar-refractivity contribution in [2.45, 2.75) is 20.3 Å². The predicted molar refractivity (Wildman–Crippen MR) is 66.7 cm³/mol. The fourth-order valence-corrected chi connectivity index (χ4v) is 1.37. The number of aliphatic carboxylic acids is 1. The monoisotopic (exact) mass is 251 g/mol. The lowest BCUT2D eigenvalue weighted by atomic mass is 10.1. The maximum absolute atomic E-state index is 11.4. The summed E-state index contributed by atoms with van der Waals surface area (Å²) < 4.78 is 5.38. The molecule has 0 radical (unpaired) electrons. The van der Waals surface area contributed by atoms with Gasteiger partial charge >= 0.3 is 5.97 Å². The van der Waals surface area contributed by atoms with Crippen LogP contribution in [0.25, 0.3) is 0 Å². The number of benzene rings is 1. The van der Waals surface area contributed by atoms with Crippen molar-refractivity contribution < 1.29 is 19.4 Å². The van der Waals surface area contributed by atoms with Gasteiger partial charge in [0, 0.05) is 6.54 Å². The second-order valence-electron chi connectivity index (χ2n) is 4.05. The first kappa shape index (κ1) is 14.0. The number of carbonyl (C=O) groups excluding carboxylic acids is 1. The standard InChI is InChI=1S/C13H17NO4/c1-9-3-4-10(2)11(7-9)18-8-12(15)14-6-5-13(16)17/h3-4,7H,5-6,8H2,1-2H3,(H,14,15)(H,16,17). The van der Waals surface area contributed by atoms with Gasteiger partial charge in [-0.15, -0.1) is 0 Å². The molecule has 0 heterocycles. The van der Waals surface area contributed by atoms with Crippen LogP contribution in [0, 0.1) is 13.8 Å². The molecule has 18 heavy (non-hydrogen) atoms. The average molecular weight is 251 g/mol. The van der Waals surface area contributed by atoms with Crippen molar-refractivity contribution in [2.75, 3.05) is 13.2 Å². The summed E-state index contributed by atoms with van der Waals surface area (Å²) >= 11 is 0. The van der Waals surface area contributed by atoms with Gasteiger partial charge in [0.25, 0.3) is 5.91 Å². The minimum atomic E-state index is -0.939. The first-order valence-electron chi connectivity index (χ1n) is 5.67. The van der Waals surface area contributed by atoms with Gasteiger partial charge in [0.15, 0.2) is 6.61 Å². The summed E-state index contributed by atoms with van der Waals surface area (Å²) in [5.74, 6) is -0.591. The Balaban J connectivity index is 2.38. The van der Waals surface area contributed by atoms with Gasteiger partial charge in [0.2, 0.25) is 0 Å². The summed E-state index contributed by atoms with van der Waals surface area (Å²) in [6.07, 6.45) is -0.0881. The molecular formula is C13H17NO4. The number of hydrogen-bond acceptors (Lipinski definition) is 3. The first-order chi connectivity index (χ1) is 8.49.